The molecule has 0 N–H and O–H groups in total. The molecule has 5 nitrogen and oxygen atoms in total. The van der Waals surface area contributed by atoms with E-state index < -0.39 is 0 Å². The maximum Gasteiger partial charge on any atom is 0.235 e. The Kier molecular flexibility index (Phi) is 7.90. The molecule has 0 fully saturated rings. The Bertz CT molecular complexity index is 4060. The largest absolute Gasteiger partial charge is 0.309 e. The Morgan fingerprint density at radius 3 is 1.42 bits per heavy atom. The summed E-state index contributed by atoms with van der Waals surface area (Å²) in [6.45, 7) is 0. The Balaban J connectivity index is 0.977. The van der Waals surface area contributed by atoms with Crippen LogP contribution in [0.3, 0.4) is 0 Å². The minimum Gasteiger partial charge on any atom is -0.309 e. The van der Waals surface area contributed by atoms with Crippen LogP contribution in [0.5, 0.6) is 0 Å². The number of fused-ring (bicyclic) bond motifs is 12. The van der Waals surface area contributed by atoms with Crippen molar-refractivity contribution in [2.75, 3.05) is 0 Å². The van der Waals surface area contributed by atoms with Crippen molar-refractivity contribution in [3.8, 4) is 51.3 Å². The van der Waals surface area contributed by atoms with Crippen LogP contribution in [0, 0.1) is 11.3 Å². The van der Waals surface area contributed by atoms with Crippen LogP contribution < -0.4 is 0 Å². The second-order valence-corrected chi connectivity index (χ2v) is 16.5. The highest BCUT2D eigenvalue weighted by atomic mass is 15.2. The fraction of sp³-hybridized carbons (Fsp3) is 0. The summed E-state index contributed by atoms with van der Waals surface area (Å²) in [5.41, 5.74) is 11.8. The molecular weight excluding hydrogens is 779 g/mol. The summed E-state index contributed by atoms with van der Waals surface area (Å²) >= 11 is 0. The Labute approximate surface area is 368 Å². The molecule has 0 radical (unpaired) electrons. The third-order valence-corrected chi connectivity index (χ3v) is 12.9. The van der Waals surface area contributed by atoms with E-state index in [1.807, 2.05) is 48.5 Å². The van der Waals surface area contributed by atoms with Gasteiger partial charge in [0.15, 0.2) is 0 Å². The first kappa shape index (κ1) is 35.9. The van der Waals surface area contributed by atoms with E-state index in [0.29, 0.717) is 11.5 Å². The molecular formula is C59H35N5. The fourth-order valence-electron chi connectivity index (χ4n) is 10.0. The van der Waals surface area contributed by atoms with Crippen LogP contribution in [0.1, 0.15) is 5.56 Å². The van der Waals surface area contributed by atoms with Crippen LogP contribution in [0.2, 0.25) is 0 Å². The number of hydrogen-bond acceptors (Lipinski definition) is 3. The molecule has 296 valence electrons. The molecule has 3 aromatic heterocycles. The Hall–Kier alpha value is -8.85. The lowest BCUT2D eigenvalue weighted by atomic mass is 9.94. The van der Waals surface area contributed by atoms with Gasteiger partial charge in [0.25, 0.3) is 0 Å². The maximum absolute atomic E-state index is 9.73. The SMILES string of the molecule is N#Cc1cccc(-c2cc(-c3ccccc3)nc(-n3c4ccccc4c4cc(-c5ccc6c(c5)c5ccccc5n6-c5ccc6c7ccccc7c7ccccc7c6c5)ccc43)n2)c1. The van der Waals surface area contributed by atoms with E-state index in [1.165, 1.54) is 54.1 Å². The topological polar surface area (TPSA) is 59.4 Å². The predicted molar refractivity (Wildman–Crippen MR) is 264 cm³/mol. The first-order chi connectivity index (χ1) is 31.7. The van der Waals surface area contributed by atoms with Crippen LogP contribution in [-0.4, -0.2) is 19.1 Å². The van der Waals surface area contributed by atoms with Crippen molar-refractivity contribution in [2.24, 2.45) is 0 Å². The molecule has 0 saturated carbocycles. The van der Waals surface area contributed by atoms with Gasteiger partial charge in [-0.25, -0.2) is 9.97 Å². The summed E-state index contributed by atoms with van der Waals surface area (Å²) in [5, 5.41) is 22.0. The molecule has 0 spiro atoms. The number of hydrogen-bond donors (Lipinski definition) is 0. The quantitative estimate of drug-likeness (QED) is 0.163. The van der Waals surface area contributed by atoms with E-state index >= 15 is 0 Å². The highest BCUT2D eigenvalue weighted by molar-refractivity contribution is 6.25. The average molecular weight is 814 g/mol. The summed E-state index contributed by atoms with van der Waals surface area (Å²) in [7, 11) is 0. The van der Waals surface area contributed by atoms with Crippen LogP contribution >= 0.6 is 0 Å². The summed E-state index contributed by atoms with van der Waals surface area (Å²) in [6, 6.07) is 77.5. The molecule has 0 aliphatic rings. The predicted octanol–water partition coefficient (Wildman–Crippen LogP) is 15.0. The molecule has 0 saturated heterocycles. The smallest absolute Gasteiger partial charge is 0.235 e. The number of para-hydroxylation sites is 2. The van der Waals surface area contributed by atoms with E-state index in [9.17, 15) is 5.26 Å². The number of nitrogens with zero attached hydrogens (tertiary/aromatic N) is 5. The van der Waals surface area contributed by atoms with Crippen molar-refractivity contribution in [3.63, 3.8) is 0 Å². The Morgan fingerprint density at radius 1 is 0.312 bits per heavy atom. The number of benzene rings is 10. The van der Waals surface area contributed by atoms with Gasteiger partial charge in [0, 0.05) is 38.4 Å². The minimum atomic E-state index is 0.571. The molecule has 10 aromatic carbocycles. The first-order valence-electron chi connectivity index (χ1n) is 21.5. The van der Waals surface area contributed by atoms with Crippen LogP contribution in [0.4, 0.5) is 0 Å². The van der Waals surface area contributed by atoms with Gasteiger partial charge in [-0.3, -0.25) is 4.57 Å². The lowest BCUT2D eigenvalue weighted by Gasteiger charge is -2.14. The monoisotopic (exact) mass is 813 g/mol. The second-order valence-electron chi connectivity index (χ2n) is 16.5. The van der Waals surface area contributed by atoms with Gasteiger partial charge < -0.3 is 4.57 Å². The standard InChI is InChI=1S/C59H35N5/c60-36-37-13-12-16-41(31-37)54-35-53(38-14-2-1-3-15-38)61-59(62-54)64-56-24-11-9-22-49(56)52-33-40(26-30-58(52)64)39-25-29-57-51(32-39)48-21-8-10-23-55(48)63(57)42-27-28-47-45-19-5-4-17-43(45)44-18-6-7-20-46(44)50(47)34-42/h1-35H. The molecule has 5 heteroatoms. The van der Waals surface area contributed by atoms with Gasteiger partial charge in [0.05, 0.1) is 45.1 Å². The summed E-state index contributed by atoms with van der Waals surface area (Å²) in [6.07, 6.45) is 0. The molecule has 0 aliphatic carbocycles. The molecule has 0 atom stereocenters. The number of nitriles is 1. The highest BCUT2D eigenvalue weighted by Crippen LogP contribution is 2.41. The lowest BCUT2D eigenvalue weighted by Crippen LogP contribution is -2.04. The third kappa shape index (κ3) is 5.50. The van der Waals surface area contributed by atoms with E-state index in [4.69, 9.17) is 9.97 Å². The van der Waals surface area contributed by atoms with E-state index in [0.717, 1.165) is 61.1 Å². The molecule has 0 aliphatic heterocycles. The maximum atomic E-state index is 9.73. The zero-order valence-corrected chi connectivity index (χ0v) is 34.4. The molecule has 0 unspecified atom stereocenters. The summed E-state index contributed by atoms with van der Waals surface area (Å²) in [4.78, 5) is 10.4. The normalized spacial score (nSPS) is 11.7. The number of aromatic nitrogens is 4. The van der Waals surface area contributed by atoms with Crippen molar-refractivity contribution in [3.05, 3.63) is 218 Å². The van der Waals surface area contributed by atoms with Crippen molar-refractivity contribution in [1.29, 1.82) is 5.26 Å². The van der Waals surface area contributed by atoms with Crippen molar-refractivity contribution in [2.45, 2.75) is 0 Å². The molecule has 0 amide bonds. The fourth-order valence-corrected chi connectivity index (χ4v) is 10.0. The van der Waals surface area contributed by atoms with Gasteiger partial charge in [0.2, 0.25) is 5.95 Å². The van der Waals surface area contributed by atoms with E-state index in [1.54, 1.807) is 0 Å². The van der Waals surface area contributed by atoms with E-state index in [2.05, 4.69) is 179 Å². The molecule has 13 rings (SSSR count). The van der Waals surface area contributed by atoms with Crippen molar-refractivity contribution in [1.82, 2.24) is 19.1 Å². The minimum absolute atomic E-state index is 0.571. The molecule has 3 heterocycles. The van der Waals surface area contributed by atoms with Gasteiger partial charge in [-0.15, -0.1) is 0 Å². The highest BCUT2D eigenvalue weighted by Gasteiger charge is 2.20. The molecule has 0 bridgehead atoms. The van der Waals surface area contributed by atoms with Gasteiger partial charge in [-0.2, -0.15) is 5.26 Å². The second kappa shape index (κ2) is 14.1. The zero-order valence-electron chi connectivity index (χ0n) is 34.4. The number of rotatable bonds is 5. The van der Waals surface area contributed by atoms with Crippen molar-refractivity contribution >= 4 is 75.9 Å². The van der Waals surface area contributed by atoms with Gasteiger partial charge in [0.1, 0.15) is 0 Å². The zero-order chi connectivity index (χ0) is 42.3. The summed E-state index contributed by atoms with van der Waals surface area (Å²) < 4.78 is 4.59. The van der Waals surface area contributed by atoms with Gasteiger partial charge in [-0.1, -0.05) is 146 Å². The van der Waals surface area contributed by atoms with Crippen LogP contribution in [0.25, 0.3) is 121 Å². The molecule has 64 heavy (non-hydrogen) atoms. The summed E-state index contributed by atoms with van der Waals surface area (Å²) in [5.74, 6) is 0.571. The van der Waals surface area contributed by atoms with Crippen LogP contribution in [0.15, 0.2) is 212 Å². The third-order valence-electron chi connectivity index (χ3n) is 12.9. The van der Waals surface area contributed by atoms with Gasteiger partial charge in [-0.05, 0) is 110 Å². The van der Waals surface area contributed by atoms with Crippen LogP contribution in [-0.2, 0) is 0 Å². The lowest BCUT2D eigenvalue weighted by molar-refractivity contribution is 0.995. The van der Waals surface area contributed by atoms with Crippen molar-refractivity contribution < 1.29 is 0 Å². The first-order valence-corrected chi connectivity index (χ1v) is 21.5. The Morgan fingerprint density at radius 2 is 0.797 bits per heavy atom. The average Bonchev–Trinajstić information content (AvgIpc) is 3.88. The van der Waals surface area contributed by atoms with E-state index in [-0.39, 0.29) is 0 Å². The molecule has 13 aromatic rings. The van der Waals surface area contributed by atoms with Gasteiger partial charge >= 0.3 is 0 Å².